The molecule has 0 aromatic carbocycles. The third kappa shape index (κ3) is 5.38. The zero-order chi connectivity index (χ0) is 9.50. The van der Waals surface area contributed by atoms with E-state index in [9.17, 15) is 28.7 Å². The molecule has 0 aliphatic carbocycles. The summed E-state index contributed by atoms with van der Waals surface area (Å²) < 4.78 is 16.1. The van der Waals surface area contributed by atoms with Crippen LogP contribution in [0.4, 0.5) is 0 Å². The predicted octanol–water partition coefficient (Wildman–Crippen LogP) is -2.86. The predicted molar refractivity (Wildman–Crippen MR) is 41.2 cm³/mol. The summed E-state index contributed by atoms with van der Waals surface area (Å²) in [4.78, 5) is 39.7. The maximum absolute atomic E-state index is 9.94. The Balaban J connectivity index is -0.000000500. The van der Waals surface area contributed by atoms with Gasteiger partial charge in [0.05, 0.1) is 0 Å². The summed E-state index contributed by atoms with van der Waals surface area (Å²) in [6, 6.07) is 0. The van der Waals surface area contributed by atoms with Crippen LogP contribution in [0.1, 0.15) is 0 Å². The standard InChI is InChI=1S/CH4Cl2O6P2.2Sn/c2-1(3,10(4,5)6)11(7,8)9;;/h(H2,4,5,6)(H2,7,8,9);;/q;2*+2/p-4. The van der Waals surface area contributed by atoms with E-state index in [1.165, 1.54) is 0 Å². The van der Waals surface area contributed by atoms with Crippen molar-refractivity contribution in [3.05, 3.63) is 0 Å². The monoisotopic (exact) mass is 480 g/mol. The Morgan fingerprint density at radius 1 is 0.846 bits per heavy atom. The van der Waals surface area contributed by atoms with Crippen LogP contribution in [0.2, 0.25) is 0 Å². The normalized spacial score (nSPS) is 12.8. The maximum Gasteiger partial charge on any atom is 2.00 e. The van der Waals surface area contributed by atoms with Gasteiger partial charge in [-0.05, 0) is 15.2 Å². The molecule has 0 saturated heterocycles. The van der Waals surface area contributed by atoms with Crippen molar-refractivity contribution >= 4 is 86.2 Å². The van der Waals surface area contributed by atoms with Crippen molar-refractivity contribution < 1.29 is 28.7 Å². The van der Waals surface area contributed by atoms with Gasteiger partial charge in [0.2, 0.25) is 0 Å². The molecule has 72 valence electrons. The van der Waals surface area contributed by atoms with Gasteiger partial charge in [-0.15, -0.1) is 0 Å². The van der Waals surface area contributed by atoms with E-state index in [1.54, 1.807) is 0 Å². The molecule has 12 heteroatoms. The largest absolute Gasteiger partial charge is 2.00 e. The van der Waals surface area contributed by atoms with Crippen LogP contribution in [0.15, 0.2) is 0 Å². The second-order valence-corrected chi connectivity index (χ2v) is 7.57. The Labute approximate surface area is 118 Å². The molecule has 0 unspecified atom stereocenters. The fourth-order valence-corrected chi connectivity index (χ4v) is 1.35. The maximum atomic E-state index is 9.94. The minimum Gasteiger partial charge on any atom is -0.808 e. The molecule has 13 heavy (non-hydrogen) atoms. The average Bonchev–Trinajstić information content (AvgIpc) is 1.58. The molecular weight excluding hydrogens is 478 g/mol. The van der Waals surface area contributed by atoms with Crippen molar-refractivity contribution in [2.24, 2.45) is 0 Å². The van der Waals surface area contributed by atoms with Crippen molar-refractivity contribution in [1.82, 2.24) is 0 Å². The Kier molecular flexibility index (Phi) is 10.1. The molecule has 4 radical (unpaired) electrons. The van der Waals surface area contributed by atoms with Gasteiger partial charge in [0.1, 0.15) is 0 Å². The quantitative estimate of drug-likeness (QED) is 0.239. The van der Waals surface area contributed by atoms with Crippen molar-refractivity contribution in [3.63, 3.8) is 0 Å². The summed E-state index contributed by atoms with van der Waals surface area (Å²) in [6.45, 7) is 0. The fraction of sp³-hybridized carbons (Fsp3) is 1.00. The van der Waals surface area contributed by atoms with Gasteiger partial charge >= 0.3 is 47.8 Å². The van der Waals surface area contributed by atoms with Crippen LogP contribution < -0.4 is 19.6 Å². The molecule has 0 N–H and O–H groups in total. The molecule has 0 aromatic rings. The summed E-state index contributed by atoms with van der Waals surface area (Å²) in [6.07, 6.45) is 0. The Morgan fingerprint density at radius 2 is 1.00 bits per heavy atom. The third-order valence-corrected chi connectivity index (χ3v) is 5.93. The molecule has 0 rings (SSSR count). The van der Waals surface area contributed by atoms with Gasteiger partial charge < -0.3 is 28.7 Å². The molecule has 0 aliphatic rings. The smallest absolute Gasteiger partial charge is 0.808 e. The number of hydrogen-bond acceptors (Lipinski definition) is 6. The topological polar surface area (TPSA) is 126 Å². The minimum atomic E-state index is -5.85. The van der Waals surface area contributed by atoms with Gasteiger partial charge in [-0.2, -0.15) is 0 Å². The molecule has 0 bridgehead atoms. The van der Waals surface area contributed by atoms with Gasteiger partial charge in [0.15, 0.2) is 3.82 Å². The van der Waals surface area contributed by atoms with E-state index >= 15 is 0 Å². The molecule has 0 fully saturated rings. The average molecular weight is 478 g/mol. The van der Waals surface area contributed by atoms with E-state index in [0.717, 1.165) is 0 Å². The summed E-state index contributed by atoms with van der Waals surface area (Å²) in [5, 5.41) is 0. The molecular formula is CCl2O6P2Sn2. The van der Waals surface area contributed by atoms with E-state index < -0.39 is 19.0 Å². The summed E-state index contributed by atoms with van der Waals surface area (Å²) in [7, 11) is -11.7. The number of rotatable bonds is 2. The second-order valence-electron chi connectivity index (χ2n) is 1.50. The van der Waals surface area contributed by atoms with E-state index in [4.69, 9.17) is 0 Å². The Hall–Kier alpha value is 2.48. The zero-order valence-corrected chi connectivity index (χ0v) is 14.6. The van der Waals surface area contributed by atoms with Crippen LogP contribution >= 0.6 is 38.4 Å². The van der Waals surface area contributed by atoms with E-state index in [-0.39, 0.29) is 47.8 Å². The molecule has 0 atom stereocenters. The molecule has 0 heterocycles. The van der Waals surface area contributed by atoms with Crippen molar-refractivity contribution in [2.75, 3.05) is 0 Å². The first-order chi connectivity index (χ1) is 4.50. The first kappa shape index (κ1) is 20.8. The van der Waals surface area contributed by atoms with Crippen molar-refractivity contribution in [1.29, 1.82) is 0 Å². The van der Waals surface area contributed by atoms with Crippen LogP contribution in [0.5, 0.6) is 0 Å². The molecule has 0 aromatic heterocycles. The number of alkyl halides is 2. The van der Waals surface area contributed by atoms with Crippen LogP contribution in [-0.4, -0.2) is 51.6 Å². The fourth-order valence-electron chi connectivity index (χ4n) is 0.150. The van der Waals surface area contributed by atoms with Gasteiger partial charge in [-0.1, -0.05) is 23.2 Å². The summed E-state index contributed by atoms with van der Waals surface area (Å²) >= 11 is 8.96. The Bertz CT molecular complexity index is 219. The molecule has 0 spiro atoms. The molecule has 0 amide bonds. The van der Waals surface area contributed by atoms with Gasteiger partial charge in [0.25, 0.3) is 0 Å². The van der Waals surface area contributed by atoms with E-state index in [2.05, 4.69) is 23.2 Å². The zero-order valence-electron chi connectivity index (χ0n) is 5.60. The number of hydrogen-bond donors (Lipinski definition) is 0. The van der Waals surface area contributed by atoms with Gasteiger partial charge in [-0.25, -0.2) is 0 Å². The van der Waals surface area contributed by atoms with Crippen molar-refractivity contribution in [2.45, 2.75) is 3.82 Å². The minimum absolute atomic E-state index is 0. The first-order valence-corrected chi connectivity index (χ1v) is 5.76. The van der Waals surface area contributed by atoms with Crippen LogP contribution in [0.25, 0.3) is 0 Å². The van der Waals surface area contributed by atoms with E-state index in [1.807, 2.05) is 0 Å². The Morgan fingerprint density at radius 3 is 1.00 bits per heavy atom. The molecule has 0 aliphatic heterocycles. The van der Waals surface area contributed by atoms with Gasteiger partial charge in [0, 0.05) is 0 Å². The summed E-state index contributed by atoms with van der Waals surface area (Å²) in [5.41, 5.74) is 0. The SMILES string of the molecule is O=P([O-])([O-])C(Cl)(Cl)P(=O)([O-])[O-].[Sn+2].[Sn+2]. The van der Waals surface area contributed by atoms with Crippen LogP contribution in [-0.2, 0) is 9.13 Å². The van der Waals surface area contributed by atoms with Crippen LogP contribution in [0.3, 0.4) is 0 Å². The molecule has 6 nitrogen and oxygen atoms in total. The first-order valence-electron chi connectivity index (χ1n) is 1.92. The number of halogens is 2. The van der Waals surface area contributed by atoms with E-state index in [0.29, 0.717) is 0 Å². The van der Waals surface area contributed by atoms with Crippen LogP contribution in [0, 0.1) is 0 Å². The second kappa shape index (κ2) is 6.27. The summed E-state index contributed by atoms with van der Waals surface area (Å²) in [5.74, 6) is 0. The molecule has 0 saturated carbocycles. The van der Waals surface area contributed by atoms with Gasteiger partial charge in [-0.3, -0.25) is 0 Å². The third-order valence-electron chi connectivity index (χ3n) is 0.659. The van der Waals surface area contributed by atoms with Crippen molar-refractivity contribution in [3.8, 4) is 0 Å².